The van der Waals surface area contributed by atoms with Crippen molar-refractivity contribution in [2.45, 2.75) is 44.0 Å². The number of ether oxygens (including phenoxy) is 2. The third-order valence-corrected chi connectivity index (χ3v) is 8.24. The van der Waals surface area contributed by atoms with E-state index in [4.69, 9.17) is 9.47 Å². The van der Waals surface area contributed by atoms with Crippen molar-refractivity contribution in [2.75, 3.05) is 18.2 Å². The molecule has 0 saturated carbocycles. The number of aliphatic carboxylic acids is 1. The van der Waals surface area contributed by atoms with Crippen LogP contribution in [0.3, 0.4) is 0 Å². The number of pyridine rings is 1. The van der Waals surface area contributed by atoms with Gasteiger partial charge in [-0.2, -0.15) is 18.2 Å². The summed E-state index contributed by atoms with van der Waals surface area (Å²) in [6.45, 7) is -0.179. The van der Waals surface area contributed by atoms with Crippen molar-refractivity contribution in [3.63, 3.8) is 0 Å². The number of carbonyl (C=O) groups is 5. The second-order valence-corrected chi connectivity index (χ2v) is 11.8. The van der Waals surface area contributed by atoms with Crippen LogP contribution in [0.2, 0.25) is 0 Å². The Balaban J connectivity index is 1.08. The van der Waals surface area contributed by atoms with Crippen molar-refractivity contribution in [3.05, 3.63) is 119 Å². The van der Waals surface area contributed by atoms with Crippen LogP contribution < -0.4 is 21.1 Å². The van der Waals surface area contributed by atoms with Crippen molar-refractivity contribution >= 4 is 35.8 Å². The fraction of sp³-hybridized carbons (Fsp3) is 0.243. The number of carbonyl (C=O) groups excluding carboxylic acids is 4. The Bertz CT molecular complexity index is 1900. The number of rotatable bonds is 13. The van der Waals surface area contributed by atoms with Crippen molar-refractivity contribution < 1.29 is 51.7 Å². The van der Waals surface area contributed by atoms with Gasteiger partial charge in [0.25, 0.3) is 5.91 Å². The van der Waals surface area contributed by atoms with Gasteiger partial charge >= 0.3 is 30.2 Å². The molecular formula is C37H34F3N5O8. The van der Waals surface area contributed by atoms with Gasteiger partial charge in [0.05, 0.1) is 5.56 Å². The fourth-order valence-corrected chi connectivity index (χ4v) is 5.62. The second-order valence-electron chi connectivity index (χ2n) is 11.8. The molecule has 13 nitrogen and oxygen atoms in total. The molecule has 0 aliphatic heterocycles. The lowest BCUT2D eigenvalue weighted by atomic mass is 9.98. The summed E-state index contributed by atoms with van der Waals surface area (Å²) >= 11 is 0. The number of carboxylic acid groups (broad SMARTS) is 1. The van der Waals surface area contributed by atoms with E-state index < -0.39 is 48.0 Å². The number of nitrogens with one attached hydrogen (secondary N) is 3. The number of anilines is 1. The van der Waals surface area contributed by atoms with E-state index in [0.29, 0.717) is 18.4 Å². The van der Waals surface area contributed by atoms with E-state index in [9.17, 15) is 42.3 Å². The number of hydrogen-bond acceptors (Lipinski definition) is 8. The van der Waals surface area contributed by atoms with Crippen LogP contribution in [0.5, 0.6) is 0 Å². The molecule has 5 rings (SSSR count). The van der Waals surface area contributed by atoms with E-state index in [1.165, 1.54) is 11.5 Å². The number of alkyl halides is 3. The summed E-state index contributed by atoms with van der Waals surface area (Å²) in [5.74, 6) is -4.97. The van der Waals surface area contributed by atoms with Crippen LogP contribution in [0, 0.1) is 0 Å². The first-order chi connectivity index (χ1) is 25.4. The van der Waals surface area contributed by atoms with Crippen molar-refractivity contribution in [1.82, 2.24) is 21.0 Å². The number of unbranched alkanes of at least 4 members (excludes halogenated alkanes) is 1. The van der Waals surface area contributed by atoms with Gasteiger partial charge in [-0.05, 0) is 59.2 Å². The zero-order chi connectivity index (χ0) is 38.0. The van der Waals surface area contributed by atoms with E-state index in [1.54, 1.807) is 30.3 Å². The lowest BCUT2D eigenvalue weighted by Crippen LogP contribution is -2.51. The molecule has 4 amide bonds. The molecule has 16 heteroatoms. The zero-order valence-electron chi connectivity index (χ0n) is 28.0. The number of amides is 4. The molecule has 3 aromatic carbocycles. The van der Waals surface area contributed by atoms with Gasteiger partial charge in [0, 0.05) is 18.7 Å². The van der Waals surface area contributed by atoms with E-state index >= 15 is 0 Å². The van der Waals surface area contributed by atoms with Gasteiger partial charge in [-0.25, -0.2) is 24.8 Å². The van der Waals surface area contributed by atoms with E-state index in [0.717, 1.165) is 34.5 Å². The molecule has 0 spiro atoms. The normalized spacial score (nSPS) is 12.4. The number of carboxylic acids is 1. The van der Waals surface area contributed by atoms with Crippen LogP contribution in [-0.2, 0) is 25.7 Å². The minimum absolute atomic E-state index is 0.0196. The van der Waals surface area contributed by atoms with Crippen molar-refractivity contribution in [3.8, 4) is 11.1 Å². The van der Waals surface area contributed by atoms with Crippen LogP contribution in [0.1, 0.15) is 52.2 Å². The molecule has 276 valence electrons. The quantitative estimate of drug-likeness (QED) is 0.0991. The smallest absolute Gasteiger partial charge is 0.472 e. The van der Waals surface area contributed by atoms with Gasteiger partial charge in [-0.1, -0.05) is 78.9 Å². The first kappa shape index (κ1) is 37.8. The first-order valence-electron chi connectivity index (χ1n) is 16.4. The fourth-order valence-electron chi connectivity index (χ4n) is 5.62. The number of benzene rings is 3. The third kappa shape index (κ3) is 9.87. The minimum Gasteiger partial charge on any atom is -0.480 e. The number of fused-ring (bicyclic) bond motifs is 3. The second kappa shape index (κ2) is 17.2. The maximum Gasteiger partial charge on any atom is 0.472 e. The highest BCUT2D eigenvalue weighted by Gasteiger charge is 2.41. The average molecular weight is 734 g/mol. The van der Waals surface area contributed by atoms with Crippen LogP contribution in [-0.4, -0.2) is 65.4 Å². The summed E-state index contributed by atoms with van der Waals surface area (Å²) < 4.78 is 49.4. The molecule has 0 radical (unpaired) electrons. The zero-order valence-corrected chi connectivity index (χ0v) is 28.0. The van der Waals surface area contributed by atoms with E-state index in [-0.39, 0.29) is 42.7 Å². The standard InChI is InChI=1S/C37H34F3N5O8/c38-37(39,40)34(49)44-45(36(51)53-21-23-10-2-1-3-11-23)31-18-17-24(20-42-31)32(46)41-19-9-8-16-30(33(47)48)43-35(50)52-22-29-27-14-6-4-12-25(27)26-13-5-7-15-28(26)29/h1-7,10-15,17-18,20,29-30H,8-9,16,19,21-22H2,(H,41,46)(H,43,50)(H,44,49)(H,47,48)/t30-/m0/s1. The van der Waals surface area contributed by atoms with Crippen LogP contribution in [0.25, 0.3) is 11.1 Å². The molecule has 4 aromatic rings. The van der Waals surface area contributed by atoms with Gasteiger partial charge in [-0.3, -0.25) is 9.59 Å². The van der Waals surface area contributed by atoms with E-state index in [1.807, 2.05) is 48.5 Å². The number of hydrazine groups is 1. The average Bonchev–Trinajstić information content (AvgIpc) is 3.47. The lowest BCUT2D eigenvalue weighted by Gasteiger charge is -2.22. The summed E-state index contributed by atoms with van der Waals surface area (Å²) in [6.07, 6.45) is -5.88. The van der Waals surface area contributed by atoms with Crippen molar-refractivity contribution in [2.24, 2.45) is 0 Å². The third-order valence-electron chi connectivity index (χ3n) is 8.24. The Morgan fingerprint density at radius 2 is 1.47 bits per heavy atom. The van der Waals surface area contributed by atoms with E-state index in [2.05, 4.69) is 15.6 Å². The summed E-state index contributed by atoms with van der Waals surface area (Å²) in [5, 5.41) is 14.8. The molecule has 1 atom stereocenters. The molecule has 0 bridgehead atoms. The molecule has 0 saturated heterocycles. The molecule has 1 heterocycles. The van der Waals surface area contributed by atoms with Gasteiger partial charge in [0.15, 0.2) is 5.82 Å². The largest absolute Gasteiger partial charge is 0.480 e. The highest BCUT2D eigenvalue weighted by atomic mass is 19.4. The Morgan fingerprint density at radius 1 is 0.830 bits per heavy atom. The molecule has 0 unspecified atom stereocenters. The Labute approximate surface area is 301 Å². The number of aromatic nitrogens is 1. The minimum atomic E-state index is -5.32. The molecule has 1 aliphatic rings. The number of nitrogens with zero attached hydrogens (tertiary/aromatic N) is 2. The Hall–Kier alpha value is -6.45. The molecule has 1 aliphatic carbocycles. The molecule has 53 heavy (non-hydrogen) atoms. The molecule has 0 fully saturated rings. The highest BCUT2D eigenvalue weighted by Crippen LogP contribution is 2.44. The summed E-state index contributed by atoms with van der Waals surface area (Å²) in [7, 11) is 0. The highest BCUT2D eigenvalue weighted by molar-refractivity contribution is 5.95. The van der Waals surface area contributed by atoms with Gasteiger partial charge in [-0.15, -0.1) is 0 Å². The first-order valence-corrected chi connectivity index (χ1v) is 16.4. The summed E-state index contributed by atoms with van der Waals surface area (Å²) in [5.41, 5.74) is 6.07. The maximum absolute atomic E-state index is 13.0. The van der Waals surface area contributed by atoms with Crippen LogP contribution in [0.15, 0.2) is 97.2 Å². The molecular weight excluding hydrogens is 699 g/mol. The van der Waals surface area contributed by atoms with Gasteiger partial charge in [0.1, 0.15) is 19.3 Å². The molecule has 4 N–H and O–H groups in total. The molecule has 1 aromatic heterocycles. The number of halogens is 3. The predicted molar refractivity (Wildman–Crippen MR) is 183 cm³/mol. The maximum atomic E-state index is 13.0. The summed E-state index contributed by atoms with van der Waals surface area (Å²) in [6, 6.07) is 24.9. The summed E-state index contributed by atoms with van der Waals surface area (Å²) in [4.78, 5) is 65.3. The van der Waals surface area contributed by atoms with Gasteiger partial charge < -0.3 is 25.2 Å². The topological polar surface area (TPSA) is 176 Å². The predicted octanol–water partition coefficient (Wildman–Crippen LogP) is 5.71. The number of alkyl carbamates (subject to hydrolysis) is 1. The van der Waals surface area contributed by atoms with Crippen molar-refractivity contribution in [1.29, 1.82) is 0 Å². The number of hydrogen-bond donors (Lipinski definition) is 4. The van der Waals surface area contributed by atoms with Crippen LogP contribution >= 0.6 is 0 Å². The van der Waals surface area contributed by atoms with Gasteiger partial charge in [0.2, 0.25) is 0 Å². The Morgan fingerprint density at radius 3 is 2.08 bits per heavy atom. The van der Waals surface area contributed by atoms with Crippen LogP contribution in [0.4, 0.5) is 28.6 Å². The Kier molecular flexibility index (Phi) is 12.2. The monoisotopic (exact) mass is 733 g/mol. The SMILES string of the molecule is O=C(N[C@@H](CCCCNC(=O)c1ccc(N(NC(=O)C(F)(F)F)C(=O)OCc2ccccc2)nc1)C(=O)O)OCC1c2ccccc2-c2ccccc21. The lowest BCUT2D eigenvalue weighted by molar-refractivity contribution is -0.173.